The number of hydrogen-bond acceptors (Lipinski definition) is 5. The van der Waals surface area contributed by atoms with E-state index in [4.69, 9.17) is 4.74 Å². The first-order valence-electron chi connectivity index (χ1n) is 11.3. The molecule has 6 heteroatoms. The predicted octanol–water partition coefficient (Wildman–Crippen LogP) is 3.27. The van der Waals surface area contributed by atoms with Crippen molar-refractivity contribution >= 4 is 5.91 Å². The van der Waals surface area contributed by atoms with Gasteiger partial charge in [-0.05, 0) is 70.5 Å². The van der Waals surface area contributed by atoms with E-state index in [-0.39, 0.29) is 35.3 Å². The van der Waals surface area contributed by atoms with Gasteiger partial charge in [0.25, 0.3) is 5.91 Å². The Morgan fingerprint density at radius 3 is 2.67 bits per heavy atom. The van der Waals surface area contributed by atoms with Gasteiger partial charge in [-0.25, -0.2) is 0 Å². The molecule has 3 N–H and O–H groups in total. The van der Waals surface area contributed by atoms with E-state index in [1.165, 1.54) is 0 Å². The molecule has 1 aliphatic carbocycles. The first-order valence-corrected chi connectivity index (χ1v) is 11.3. The van der Waals surface area contributed by atoms with Crippen molar-refractivity contribution in [2.45, 2.75) is 70.0 Å². The van der Waals surface area contributed by atoms with Gasteiger partial charge in [-0.15, -0.1) is 0 Å². The molecule has 3 atom stereocenters. The molecule has 1 amide bonds. The molecule has 1 aromatic carbocycles. The van der Waals surface area contributed by atoms with E-state index in [9.17, 15) is 15.0 Å². The Labute approximate surface area is 179 Å². The van der Waals surface area contributed by atoms with Gasteiger partial charge in [0.2, 0.25) is 0 Å². The van der Waals surface area contributed by atoms with Crippen LogP contribution in [0.1, 0.15) is 74.7 Å². The zero-order valence-corrected chi connectivity index (χ0v) is 18.7. The normalized spacial score (nSPS) is 30.0. The van der Waals surface area contributed by atoms with Crippen LogP contribution in [-0.2, 0) is 0 Å². The minimum absolute atomic E-state index is 0.0416. The number of rotatable bonds is 3. The fourth-order valence-electron chi connectivity index (χ4n) is 5.66. The van der Waals surface area contributed by atoms with Crippen molar-refractivity contribution in [1.29, 1.82) is 0 Å². The van der Waals surface area contributed by atoms with Gasteiger partial charge in [-0.3, -0.25) is 4.79 Å². The Morgan fingerprint density at radius 1 is 1.27 bits per heavy atom. The fourth-order valence-corrected chi connectivity index (χ4v) is 5.66. The van der Waals surface area contributed by atoms with Crippen molar-refractivity contribution in [2.24, 2.45) is 11.8 Å². The zero-order valence-electron chi connectivity index (χ0n) is 18.7. The smallest absolute Gasteiger partial charge is 0.255 e. The highest BCUT2D eigenvalue weighted by Crippen LogP contribution is 2.55. The van der Waals surface area contributed by atoms with Gasteiger partial charge in [0.1, 0.15) is 17.1 Å². The van der Waals surface area contributed by atoms with Crippen LogP contribution in [0.4, 0.5) is 0 Å². The van der Waals surface area contributed by atoms with Gasteiger partial charge in [0.15, 0.2) is 0 Å². The van der Waals surface area contributed by atoms with Crippen LogP contribution in [-0.4, -0.2) is 58.9 Å². The van der Waals surface area contributed by atoms with E-state index in [1.807, 2.05) is 13.1 Å². The number of nitrogens with zero attached hydrogens (tertiary/aromatic N) is 1. The molecule has 0 bridgehead atoms. The summed E-state index contributed by atoms with van der Waals surface area (Å²) in [5, 5.41) is 24.8. The lowest BCUT2D eigenvalue weighted by Crippen LogP contribution is -2.50. The first-order chi connectivity index (χ1) is 14.1. The number of aliphatic hydroxyl groups is 1. The number of fused-ring (bicyclic) bond motifs is 3. The molecule has 4 rings (SSSR count). The second-order valence-corrected chi connectivity index (χ2v) is 10.4. The van der Waals surface area contributed by atoms with Gasteiger partial charge in [0, 0.05) is 31.1 Å². The summed E-state index contributed by atoms with van der Waals surface area (Å²) in [6.07, 6.45) is 4.49. The van der Waals surface area contributed by atoms with Crippen LogP contribution in [0.15, 0.2) is 12.1 Å². The van der Waals surface area contributed by atoms with Gasteiger partial charge in [-0.2, -0.15) is 0 Å². The van der Waals surface area contributed by atoms with Crippen molar-refractivity contribution in [1.82, 2.24) is 10.2 Å². The van der Waals surface area contributed by atoms with Crippen molar-refractivity contribution in [3.8, 4) is 11.5 Å². The van der Waals surface area contributed by atoms with Crippen molar-refractivity contribution < 1.29 is 19.7 Å². The lowest BCUT2D eigenvalue weighted by molar-refractivity contribution is -0.0150. The van der Waals surface area contributed by atoms with Crippen LogP contribution in [0.3, 0.4) is 0 Å². The SMILES string of the molecule is C[C@@H]1CC[C@@H]2[C@@H](C1)c1c(ccc(C(=O)NCC3(O)CCN(C)CC3)c1O)OC2(C)C. The third-order valence-electron chi connectivity index (χ3n) is 7.67. The summed E-state index contributed by atoms with van der Waals surface area (Å²) in [4.78, 5) is 15.1. The molecule has 6 nitrogen and oxygen atoms in total. The Kier molecular flexibility index (Phi) is 5.52. The maximum Gasteiger partial charge on any atom is 0.255 e. The topological polar surface area (TPSA) is 82.0 Å². The van der Waals surface area contributed by atoms with Crippen molar-refractivity contribution in [3.63, 3.8) is 0 Å². The molecule has 0 unspecified atom stereocenters. The highest BCUT2D eigenvalue weighted by molar-refractivity contribution is 5.97. The largest absolute Gasteiger partial charge is 0.507 e. The standard InChI is InChI=1S/C24H36N2O4/c1-15-5-7-18-17(13-15)20-19(30-23(18,2)3)8-6-16(21(20)27)22(28)25-14-24(29)9-11-26(4)12-10-24/h6,8,15,17-18,27,29H,5,7,9-14H2,1-4H3,(H,25,28)/t15-,17-,18-/m1/s1. The summed E-state index contributed by atoms with van der Waals surface area (Å²) in [5.41, 5.74) is -0.115. The lowest BCUT2D eigenvalue weighted by Gasteiger charge is -2.48. The molecule has 0 spiro atoms. The van der Waals surface area contributed by atoms with Crippen LogP contribution in [0.5, 0.6) is 11.5 Å². The second kappa shape index (κ2) is 7.72. The number of phenols is 1. The number of benzene rings is 1. The number of piperidine rings is 1. The van der Waals surface area contributed by atoms with Crippen LogP contribution in [0.25, 0.3) is 0 Å². The zero-order chi connectivity index (χ0) is 21.7. The van der Waals surface area contributed by atoms with E-state index >= 15 is 0 Å². The molecule has 30 heavy (non-hydrogen) atoms. The third kappa shape index (κ3) is 3.92. The molecule has 3 aliphatic rings. The van der Waals surface area contributed by atoms with Crippen molar-refractivity contribution in [3.05, 3.63) is 23.3 Å². The Balaban J connectivity index is 1.56. The number of hydrogen-bond donors (Lipinski definition) is 3. The van der Waals surface area contributed by atoms with E-state index in [0.29, 0.717) is 30.4 Å². The van der Waals surface area contributed by atoms with Crippen LogP contribution in [0, 0.1) is 11.8 Å². The Bertz CT molecular complexity index is 814. The van der Waals surface area contributed by atoms with Gasteiger partial charge >= 0.3 is 0 Å². The molecule has 1 aromatic rings. The number of phenolic OH excluding ortho intramolecular Hbond substituents is 1. The Hall–Kier alpha value is -1.79. The lowest BCUT2D eigenvalue weighted by atomic mass is 9.64. The van der Waals surface area contributed by atoms with E-state index in [1.54, 1.807) is 6.07 Å². The minimum atomic E-state index is -0.886. The van der Waals surface area contributed by atoms with Crippen LogP contribution < -0.4 is 10.1 Å². The number of carbonyl (C=O) groups excluding carboxylic acids is 1. The summed E-state index contributed by atoms with van der Waals surface area (Å²) >= 11 is 0. The quantitative estimate of drug-likeness (QED) is 0.705. The highest BCUT2D eigenvalue weighted by atomic mass is 16.5. The second-order valence-electron chi connectivity index (χ2n) is 10.4. The number of ether oxygens (including phenoxy) is 1. The molecule has 2 heterocycles. The summed E-state index contributed by atoms with van der Waals surface area (Å²) in [6, 6.07) is 3.47. The number of likely N-dealkylation sites (tertiary alicyclic amines) is 1. The average molecular weight is 417 g/mol. The third-order valence-corrected chi connectivity index (χ3v) is 7.67. The summed E-state index contributed by atoms with van der Waals surface area (Å²) in [5.74, 6) is 1.50. The molecular weight excluding hydrogens is 380 g/mol. The van der Waals surface area contributed by atoms with Gasteiger partial charge in [-0.1, -0.05) is 13.3 Å². The summed E-state index contributed by atoms with van der Waals surface area (Å²) in [6.45, 7) is 8.33. The average Bonchev–Trinajstić information content (AvgIpc) is 2.68. The summed E-state index contributed by atoms with van der Waals surface area (Å²) in [7, 11) is 2.03. The molecule has 0 radical (unpaired) electrons. The van der Waals surface area contributed by atoms with Crippen LogP contribution >= 0.6 is 0 Å². The molecule has 1 saturated carbocycles. The van der Waals surface area contributed by atoms with Crippen molar-refractivity contribution in [2.75, 3.05) is 26.7 Å². The van der Waals surface area contributed by atoms with E-state index < -0.39 is 5.60 Å². The van der Waals surface area contributed by atoms with E-state index in [2.05, 4.69) is 31.0 Å². The molecular formula is C24H36N2O4. The van der Waals surface area contributed by atoms with Gasteiger partial charge < -0.3 is 25.2 Å². The molecule has 0 aromatic heterocycles. The molecule has 1 saturated heterocycles. The first kappa shape index (κ1) is 21.4. The van der Waals surface area contributed by atoms with E-state index in [0.717, 1.165) is 37.9 Å². The number of carbonyl (C=O) groups is 1. The maximum absolute atomic E-state index is 12.9. The highest BCUT2D eigenvalue weighted by Gasteiger charge is 2.47. The fraction of sp³-hybridized carbons (Fsp3) is 0.708. The van der Waals surface area contributed by atoms with Crippen LogP contribution in [0.2, 0.25) is 0 Å². The molecule has 2 fully saturated rings. The Morgan fingerprint density at radius 2 is 1.97 bits per heavy atom. The number of nitrogens with one attached hydrogen (secondary N) is 1. The van der Waals surface area contributed by atoms with Gasteiger partial charge in [0.05, 0.1) is 11.2 Å². The number of amides is 1. The maximum atomic E-state index is 12.9. The number of aromatic hydroxyl groups is 1. The predicted molar refractivity (Wildman–Crippen MR) is 116 cm³/mol. The molecule has 2 aliphatic heterocycles. The monoisotopic (exact) mass is 416 g/mol. The summed E-state index contributed by atoms with van der Waals surface area (Å²) < 4.78 is 6.28. The minimum Gasteiger partial charge on any atom is -0.507 e. The molecule has 166 valence electrons.